The van der Waals surface area contributed by atoms with Gasteiger partial charge in [0.05, 0.1) is 5.39 Å². The fourth-order valence-electron chi connectivity index (χ4n) is 5.61. The van der Waals surface area contributed by atoms with Crippen molar-refractivity contribution in [2.75, 3.05) is 57.3 Å². The highest BCUT2D eigenvalue weighted by Gasteiger charge is 2.26. The first kappa shape index (κ1) is 22.5. The quantitative estimate of drug-likeness (QED) is 0.568. The highest BCUT2D eigenvalue weighted by Crippen LogP contribution is 2.40. The van der Waals surface area contributed by atoms with Gasteiger partial charge in [-0.1, -0.05) is 26.7 Å². The molecule has 1 aliphatic carbocycles. The van der Waals surface area contributed by atoms with Crippen molar-refractivity contribution >= 4 is 27.4 Å². The largest absolute Gasteiger partial charge is 0.353 e. The monoisotopic (exact) mass is 455 g/mol. The Kier molecular flexibility index (Phi) is 7.30. The topological polar surface area (TPSA) is 35.5 Å². The molecule has 3 aliphatic rings. The number of rotatable bonds is 6. The molecule has 2 fully saturated rings. The Labute approximate surface area is 198 Å². The van der Waals surface area contributed by atoms with Crippen LogP contribution in [0.1, 0.15) is 81.0 Å². The molecule has 0 bridgehead atoms. The maximum atomic E-state index is 5.25. The van der Waals surface area contributed by atoms with Crippen molar-refractivity contribution in [2.45, 2.75) is 77.6 Å². The number of nitrogens with zero attached hydrogens (tertiary/aromatic N) is 5. The Bertz CT molecular complexity index is 895. The lowest BCUT2D eigenvalue weighted by Gasteiger charge is -2.37. The third-order valence-corrected chi connectivity index (χ3v) is 9.15. The fourth-order valence-corrected chi connectivity index (χ4v) is 6.87. The first-order chi connectivity index (χ1) is 15.7. The number of piperidine rings is 1. The van der Waals surface area contributed by atoms with Crippen LogP contribution in [0, 0.1) is 0 Å². The van der Waals surface area contributed by atoms with Crippen molar-refractivity contribution in [2.24, 2.45) is 0 Å². The van der Waals surface area contributed by atoms with Gasteiger partial charge in [-0.05, 0) is 63.6 Å². The van der Waals surface area contributed by atoms with Gasteiger partial charge in [-0.15, -0.1) is 11.3 Å². The summed E-state index contributed by atoms with van der Waals surface area (Å²) >= 11 is 1.96. The van der Waals surface area contributed by atoms with Crippen LogP contribution in [-0.2, 0) is 12.8 Å². The van der Waals surface area contributed by atoms with E-state index in [2.05, 4.69) is 28.5 Å². The third kappa shape index (κ3) is 4.83. The smallest absolute Gasteiger partial charge is 0.141 e. The number of anilines is 1. The Morgan fingerprint density at radius 3 is 2.25 bits per heavy atom. The Hall–Kier alpha value is -1.24. The predicted molar refractivity (Wildman–Crippen MR) is 136 cm³/mol. The molecule has 4 heterocycles. The van der Waals surface area contributed by atoms with E-state index in [1.54, 1.807) is 10.4 Å². The third-order valence-electron chi connectivity index (χ3n) is 7.97. The number of hydrogen-bond donors (Lipinski definition) is 0. The van der Waals surface area contributed by atoms with Gasteiger partial charge in [0.25, 0.3) is 0 Å². The highest BCUT2D eigenvalue weighted by molar-refractivity contribution is 7.19. The van der Waals surface area contributed by atoms with Crippen LogP contribution >= 0.6 is 11.3 Å². The molecule has 0 N–H and O–H groups in total. The minimum absolute atomic E-state index is 0.422. The molecule has 0 radical (unpaired) electrons. The van der Waals surface area contributed by atoms with Crippen LogP contribution in [0.5, 0.6) is 0 Å². The molecule has 0 aromatic carbocycles. The molecule has 2 aliphatic heterocycles. The zero-order valence-electron chi connectivity index (χ0n) is 20.2. The molecular formula is C26H41N5S. The molecule has 5 rings (SSSR count). The summed E-state index contributed by atoms with van der Waals surface area (Å²) in [4.78, 5) is 21.1. The minimum atomic E-state index is 0.422. The maximum absolute atomic E-state index is 5.25. The van der Waals surface area contributed by atoms with Gasteiger partial charge >= 0.3 is 0 Å². The van der Waals surface area contributed by atoms with Gasteiger partial charge in [-0.3, -0.25) is 4.90 Å². The lowest BCUT2D eigenvalue weighted by Crippen LogP contribution is -2.49. The second kappa shape index (κ2) is 10.4. The van der Waals surface area contributed by atoms with E-state index in [1.165, 1.54) is 93.6 Å². The summed E-state index contributed by atoms with van der Waals surface area (Å²) in [5.41, 5.74) is 1.58. The summed E-state index contributed by atoms with van der Waals surface area (Å²) in [6, 6.07) is 0. The van der Waals surface area contributed by atoms with E-state index in [1.807, 2.05) is 11.3 Å². The van der Waals surface area contributed by atoms with Crippen molar-refractivity contribution in [3.8, 4) is 0 Å². The number of thiophene rings is 1. The Morgan fingerprint density at radius 2 is 1.50 bits per heavy atom. The van der Waals surface area contributed by atoms with E-state index in [-0.39, 0.29) is 0 Å². The molecule has 0 saturated carbocycles. The number of aromatic nitrogens is 2. The van der Waals surface area contributed by atoms with E-state index in [9.17, 15) is 0 Å². The van der Waals surface area contributed by atoms with Crippen LogP contribution < -0.4 is 4.90 Å². The summed E-state index contributed by atoms with van der Waals surface area (Å²) in [5.74, 6) is 2.73. The first-order valence-electron chi connectivity index (χ1n) is 13.2. The molecule has 5 nitrogen and oxygen atoms in total. The average Bonchev–Trinajstić information content (AvgIpc) is 3.03. The molecule has 1 atom stereocenters. The van der Waals surface area contributed by atoms with Gasteiger partial charge in [-0.25, -0.2) is 9.97 Å². The second-order valence-electron chi connectivity index (χ2n) is 10.2. The average molecular weight is 456 g/mol. The van der Waals surface area contributed by atoms with Crippen molar-refractivity contribution in [3.63, 3.8) is 0 Å². The zero-order chi connectivity index (χ0) is 21.9. The van der Waals surface area contributed by atoms with Crippen LogP contribution in [0.3, 0.4) is 0 Å². The van der Waals surface area contributed by atoms with Gasteiger partial charge in [0.15, 0.2) is 0 Å². The van der Waals surface area contributed by atoms with Gasteiger partial charge in [0.1, 0.15) is 16.5 Å². The van der Waals surface area contributed by atoms with Crippen molar-refractivity contribution < 1.29 is 0 Å². The van der Waals surface area contributed by atoms with E-state index >= 15 is 0 Å². The predicted octanol–water partition coefficient (Wildman–Crippen LogP) is 5.08. The normalized spacial score (nSPS) is 22.1. The van der Waals surface area contributed by atoms with Crippen LogP contribution in [0.25, 0.3) is 10.2 Å². The lowest BCUT2D eigenvalue weighted by atomic mass is 10.1. The van der Waals surface area contributed by atoms with Gasteiger partial charge in [0.2, 0.25) is 0 Å². The molecule has 2 aromatic heterocycles. The molecule has 2 aromatic rings. The number of likely N-dealkylation sites (tertiary alicyclic amines) is 1. The zero-order valence-corrected chi connectivity index (χ0v) is 21.1. The molecule has 0 amide bonds. The molecule has 176 valence electrons. The van der Waals surface area contributed by atoms with E-state index < -0.39 is 0 Å². The van der Waals surface area contributed by atoms with Gasteiger partial charge in [-0.2, -0.15) is 0 Å². The van der Waals surface area contributed by atoms with Crippen molar-refractivity contribution in [1.82, 2.24) is 19.8 Å². The number of piperazine rings is 1. The maximum Gasteiger partial charge on any atom is 0.141 e. The van der Waals surface area contributed by atoms with Crippen LogP contribution in [0.15, 0.2) is 0 Å². The summed E-state index contributed by atoms with van der Waals surface area (Å²) in [7, 11) is 0. The summed E-state index contributed by atoms with van der Waals surface area (Å²) in [6.45, 7) is 14.1. The van der Waals surface area contributed by atoms with E-state index in [0.717, 1.165) is 38.4 Å². The molecule has 0 unspecified atom stereocenters. The standard InChI is InChI=1S/C26H41N5S/c1-3-20(2)24-27-25(23-21-10-6-4-7-11-22(21)32-26(23)28-24)31-18-16-30(17-19-31)15-14-29-12-8-5-9-13-29/h20H,3-19H2,1-2H3/t20-/m1/s1. The summed E-state index contributed by atoms with van der Waals surface area (Å²) in [5, 5.41) is 1.40. The van der Waals surface area contributed by atoms with Crippen molar-refractivity contribution in [3.05, 3.63) is 16.3 Å². The second-order valence-corrected chi connectivity index (χ2v) is 11.3. The van der Waals surface area contributed by atoms with Crippen LogP contribution in [0.2, 0.25) is 0 Å². The summed E-state index contributed by atoms with van der Waals surface area (Å²) < 4.78 is 0. The Balaban J connectivity index is 1.35. The van der Waals surface area contributed by atoms with Gasteiger partial charge in [0, 0.05) is 50.1 Å². The van der Waals surface area contributed by atoms with Crippen LogP contribution in [0.4, 0.5) is 5.82 Å². The lowest BCUT2D eigenvalue weighted by molar-refractivity contribution is 0.176. The number of hydrogen-bond acceptors (Lipinski definition) is 6. The van der Waals surface area contributed by atoms with Gasteiger partial charge < -0.3 is 9.80 Å². The molecule has 0 spiro atoms. The number of fused-ring (bicyclic) bond motifs is 3. The molecule has 2 saturated heterocycles. The molecular weight excluding hydrogens is 414 g/mol. The fraction of sp³-hybridized carbons (Fsp3) is 0.769. The molecule has 32 heavy (non-hydrogen) atoms. The molecule has 6 heteroatoms. The minimum Gasteiger partial charge on any atom is -0.353 e. The van der Waals surface area contributed by atoms with Crippen LogP contribution in [-0.4, -0.2) is 72.1 Å². The first-order valence-corrected chi connectivity index (χ1v) is 14.1. The number of aryl methyl sites for hydroxylation is 2. The highest BCUT2D eigenvalue weighted by atomic mass is 32.1. The van der Waals surface area contributed by atoms with Crippen molar-refractivity contribution in [1.29, 1.82) is 0 Å². The SMILES string of the molecule is CC[C@@H](C)c1nc(N2CCN(CCN3CCCCC3)CC2)c2c3c(sc2n1)CCCCC3. The van der Waals surface area contributed by atoms with E-state index in [0.29, 0.717) is 5.92 Å². The van der Waals surface area contributed by atoms with E-state index in [4.69, 9.17) is 9.97 Å². The summed E-state index contributed by atoms with van der Waals surface area (Å²) in [6.07, 6.45) is 11.8. The Morgan fingerprint density at radius 1 is 0.812 bits per heavy atom.